The van der Waals surface area contributed by atoms with Crippen molar-refractivity contribution in [3.63, 3.8) is 0 Å². The van der Waals surface area contributed by atoms with Crippen LogP contribution >= 0.6 is 0 Å². The van der Waals surface area contributed by atoms with Crippen LogP contribution in [0.5, 0.6) is 23.0 Å². The van der Waals surface area contributed by atoms with Gasteiger partial charge in [0, 0.05) is 16.6 Å². The zero-order valence-electron chi connectivity index (χ0n) is 36.5. The smallest absolute Gasteiger partial charge is 0.260 e. The third kappa shape index (κ3) is 5.59. The summed E-state index contributed by atoms with van der Waals surface area (Å²) in [4.78, 5) is 0. The maximum atomic E-state index is 7.13. The first-order valence-electron chi connectivity index (χ1n) is 25.1. The Hall–Kier alpha value is -4.24. The lowest BCUT2D eigenvalue weighted by atomic mass is 9.34. The van der Waals surface area contributed by atoms with E-state index in [9.17, 15) is 0 Å². The second-order valence-corrected chi connectivity index (χ2v) is 21.6. The molecule has 0 N–H and O–H groups in total. The summed E-state index contributed by atoms with van der Waals surface area (Å²) in [6, 6.07) is 36.0. The monoisotopic (exact) mass is 802 g/mol. The fourth-order valence-corrected chi connectivity index (χ4v) is 15.6. The van der Waals surface area contributed by atoms with Crippen LogP contribution in [0.4, 0.5) is 0 Å². The number of fused-ring (bicyclic) bond motifs is 10. The highest BCUT2D eigenvalue weighted by Crippen LogP contribution is 2.59. The van der Waals surface area contributed by atoms with E-state index in [2.05, 4.69) is 91.0 Å². The van der Waals surface area contributed by atoms with Crippen LogP contribution in [0.25, 0.3) is 22.3 Å². The Bertz CT molecular complexity index is 2370. The highest BCUT2D eigenvalue weighted by atomic mass is 16.5. The molecule has 2 nitrogen and oxygen atoms in total. The summed E-state index contributed by atoms with van der Waals surface area (Å²) in [5.74, 6) is 3.93. The lowest BCUT2D eigenvalue weighted by Crippen LogP contribution is -2.57. The predicted molar refractivity (Wildman–Crippen MR) is 253 cm³/mol. The number of rotatable bonds is 2. The van der Waals surface area contributed by atoms with Gasteiger partial charge in [-0.2, -0.15) is 0 Å². The maximum absolute atomic E-state index is 7.13. The van der Waals surface area contributed by atoms with Crippen LogP contribution in [0.1, 0.15) is 176 Å². The number of ether oxygens (including phenoxy) is 2. The summed E-state index contributed by atoms with van der Waals surface area (Å²) >= 11 is 0. The number of benzene rings is 5. The maximum Gasteiger partial charge on any atom is 0.260 e. The van der Waals surface area contributed by atoms with E-state index in [0.717, 1.165) is 23.0 Å². The second-order valence-electron chi connectivity index (χ2n) is 21.6. The molecule has 4 spiro atoms. The SMILES string of the molecule is c1cc2c3c(c1)Oc1c(cccc1-c1ccc4c(c1)C1(CCCCC1)CCC41CCCCC1)B3c1cccc(-c3ccc4c(c3)C3(CCCCC3)CCC43CCCCC3)c1O2. The Labute approximate surface area is 365 Å². The highest BCUT2D eigenvalue weighted by Gasteiger charge is 2.50. The molecule has 0 radical (unpaired) electrons. The van der Waals surface area contributed by atoms with E-state index in [0.29, 0.717) is 21.7 Å². The van der Waals surface area contributed by atoms with Crippen LogP contribution in [0.3, 0.4) is 0 Å². The minimum Gasteiger partial charge on any atom is -0.458 e. The molecule has 13 rings (SSSR count). The summed E-state index contributed by atoms with van der Waals surface area (Å²) < 4.78 is 14.3. The third-order valence-corrected chi connectivity index (χ3v) is 18.8. The van der Waals surface area contributed by atoms with Gasteiger partial charge in [0.15, 0.2) is 0 Å². The van der Waals surface area contributed by atoms with E-state index >= 15 is 0 Å². The molecule has 6 aliphatic carbocycles. The van der Waals surface area contributed by atoms with Crippen molar-refractivity contribution >= 4 is 23.1 Å². The molecule has 0 atom stereocenters. The van der Waals surface area contributed by atoms with Gasteiger partial charge in [-0.15, -0.1) is 0 Å². The fourth-order valence-electron chi connectivity index (χ4n) is 15.6. The van der Waals surface area contributed by atoms with Gasteiger partial charge < -0.3 is 9.47 Å². The van der Waals surface area contributed by atoms with E-state index in [1.807, 2.05) is 0 Å². The van der Waals surface area contributed by atoms with E-state index < -0.39 is 0 Å². The van der Waals surface area contributed by atoms with Gasteiger partial charge in [-0.1, -0.05) is 156 Å². The topological polar surface area (TPSA) is 18.5 Å². The molecule has 0 bridgehead atoms. The normalized spacial score (nSPS) is 23.2. The number of hydrogen-bond donors (Lipinski definition) is 0. The molecule has 4 saturated carbocycles. The quantitative estimate of drug-likeness (QED) is 0.162. The van der Waals surface area contributed by atoms with Gasteiger partial charge >= 0.3 is 0 Å². The van der Waals surface area contributed by atoms with Crippen LogP contribution in [-0.2, 0) is 21.7 Å². The first-order valence-corrected chi connectivity index (χ1v) is 25.1. The van der Waals surface area contributed by atoms with Crippen molar-refractivity contribution in [2.24, 2.45) is 0 Å². The Morgan fingerprint density at radius 3 is 1.10 bits per heavy atom. The minimum absolute atomic E-state index is 0.0410. The van der Waals surface area contributed by atoms with Crippen LogP contribution in [0.2, 0.25) is 0 Å². The summed E-state index contributed by atoms with van der Waals surface area (Å²) in [6.45, 7) is 0.0410. The van der Waals surface area contributed by atoms with E-state index in [1.165, 1.54) is 193 Å². The lowest BCUT2D eigenvalue weighted by molar-refractivity contribution is 0.175. The zero-order chi connectivity index (χ0) is 40.2. The molecule has 2 heterocycles. The van der Waals surface area contributed by atoms with Gasteiger partial charge in [0.25, 0.3) is 6.71 Å². The molecule has 4 fully saturated rings. The Kier molecular flexibility index (Phi) is 8.65. The van der Waals surface area contributed by atoms with Crippen LogP contribution in [0.15, 0.2) is 91.0 Å². The van der Waals surface area contributed by atoms with Crippen LogP contribution < -0.4 is 25.9 Å². The molecular weight excluding hydrogens is 739 g/mol. The number of para-hydroxylation sites is 2. The molecular formula is C58H63BO2. The summed E-state index contributed by atoms with van der Waals surface area (Å²) in [5, 5.41) is 0. The van der Waals surface area contributed by atoms with E-state index in [-0.39, 0.29) is 6.71 Å². The van der Waals surface area contributed by atoms with Crippen molar-refractivity contribution in [1.82, 2.24) is 0 Å². The molecule has 0 saturated heterocycles. The van der Waals surface area contributed by atoms with Gasteiger partial charge in [0.1, 0.15) is 23.0 Å². The average Bonchev–Trinajstić information content (AvgIpc) is 3.32. The van der Waals surface area contributed by atoms with Crippen LogP contribution in [0, 0.1) is 0 Å². The van der Waals surface area contributed by atoms with Gasteiger partial charge in [-0.3, -0.25) is 0 Å². The molecule has 0 amide bonds. The Morgan fingerprint density at radius 2 is 0.705 bits per heavy atom. The van der Waals surface area contributed by atoms with E-state index in [1.54, 1.807) is 22.3 Å². The van der Waals surface area contributed by atoms with Crippen molar-refractivity contribution in [1.29, 1.82) is 0 Å². The molecule has 0 unspecified atom stereocenters. The summed E-state index contributed by atoms with van der Waals surface area (Å²) in [5.41, 5.74) is 17.1. The summed E-state index contributed by atoms with van der Waals surface area (Å²) in [6.07, 6.45) is 33.1. The van der Waals surface area contributed by atoms with Crippen LogP contribution in [-0.4, -0.2) is 6.71 Å². The Morgan fingerprint density at radius 1 is 0.344 bits per heavy atom. The summed E-state index contributed by atoms with van der Waals surface area (Å²) in [7, 11) is 0. The first-order chi connectivity index (χ1) is 30.1. The lowest BCUT2D eigenvalue weighted by Gasteiger charge is -2.51. The Balaban J connectivity index is 0.941. The largest absolute Gasteiger partial charge is 0.458 e. The molecule has 61 heavy (non-hydrogen) atoms. The van der Waals surface area contributed by atoms with Crippen molar-refractivity contribution < 1.29 is 9.47 Å². The van der Waals surface area contributed by atoms with Crippen molar-refractivity contribution in [3.8, 4) is 45.3 Å². The van der Waals surface area contributed by atoms with Crippen molar-refractivity contribution in [2.45, 2.75) is 176 Å². The predicted octanol–water partition coefficient (Wildman–Crippen LogP) is 14.1. The molecule has 5 aromatic rings. The minimum atomic E-state index is 0.0410. The molecule has 3 heteroatoms. The van der Waals surface area contributed by atoms with E-state index in [4.69, 9.17) is 9.47 Å². The molecule has 0 aromatic heterocycles. The van der Waals surface area contributed by atoms with Gasteiger partial charge in [-0.05, 0) is 155 Å². The second kappa shape index (κ2) is 14.1. The average molecular weight is 803 g/mol. The van der Waals surface area contributed by atoms with Gasteiger partial charge in [-0.25, -0.2) is 0 Å². The van der Waals surface area contributed by atoms with Gasteiger partial charge in [0.05, 0.1) is 0 Å². The molecule has 310 valence electrons. The van der Waals surface area contributed by atoms with Crippen molar-refractivity contribution in [3.05, 3.63) is 113 Å². The molecule has 8 aliphatic rings. The third-order valence-electron chi connectivity index (χ3n) is 18.8. The van der Waals surface area contributed by atoms with Gasteiger partial charge in [0.2, 0.25) is 0 Å². The number of hydrogen-bond acceptors (Lipinski definition) is 2. The zero-order valence-corrected chi connectivity index (χ0v) is 36.5. The molecule has 2 aliphatic heterocycles. The fraction of sp³-hybridized carbons (Fsp3) is 0.483. The molecule has 5 aromatic carbocycles. The standard InChI is InChI=1S/C58H63BO2/c1-5-26-55(27-6-1)34-36-57(30-9-3-10-31-57)46-38-40(22-24-44(46)55)42-16-13-18-48-53(42)60-50-20-15-21-51-52(50)59(48)49-19-14-17-43(54(49)61-51)41-23-25-45-47(39-41)58(32-11-4-12-33-58)37-35-56(45)28-7-2-8-29-56/h13-25,38-39H,1-12,26-37H2. The van der Waals surface area contributed by atoms with Crippen molar-refractivity contribution in [2.75, 3.05) is 0 Å². The first kappa shape index (κ1) is 37.3. The highest BCUT2D eigenvalue weighted by molar-refractivity contribution is 6.98.